The van der Waals surface area contributed by atoms with E-state index in [-0.39, 0.29) is 5.57 Å². The molecule has 108 valence electrons. The van der Waals surface area contributed by atoms with Gasteiger partial charge in [0.25, 0.3) is 0 Å². The van der Waals surface area contributed by atoms with Crippen molar-refractivity contribution in [3.05, 3.63) is 39.5 Å². The molecular formula is C14H13Cl2N5. The number of nitrogens with zero attached hydrogens (tertiary/aromatic N) is 4. The number of benzene rings is 1. The SMILES string of the molecule is CN(C)C(C/C=N\Nc1ccc(Cl)cc1Cl)=C(C#N)C#N. The fourth-order valence-electron chi connectivity index (χ4n) is 1.49. The average molecular weight is 322 g/mol. The van der Waals surface area contributed by atoms with Crippen LogP contribution in [0.1, 0.15) is 6.42 Å². The zero-order chi connectivity index (χ0) is 15.8. The van der Waals surface area contributed by atoms with Gasteiger partial charge in [0.2, 0.25) is 0 Å². The van der Waals surface area contributed by atoms with Crippen molar-refractivity contribution in [2.24, 2.45) is 5.10 Å². The van der Waals surface area contributed by atoms with Crippen molar-refractivity contribution in [3.63, 3.8) is 0 Å². The van der Waals surface area contributed by atoms with Gasteiger partial charge in [-0.2, -0.15) is 15.6 Å². The molecule has 0 unspecified atom stereocenters. The summed E-state index contributed by atoms with van der Waals surface area (Å²) in [5, 5.41) is 22.8. The van der Waals surface area contributed by atoms with Gasteiger partial charge in [-0.25, -0.2) is 0 Å². The highest BCUT2D eigenvalue weighted by molar-refractivity contribution is 6.36. The molecule has 0 heterocycles. The van der Waals surface area contributed by atoms with Crippen LogP contribution >= 0.6 is 23.2 Å². The first-order valence-electron chi connectivity index (χ1n) is 5.92. The molecule has 0 spiro atoms. The molecule has 1 aromatic rings. The van der Waals surface area contributed by atoms with Crippen LogP contribution in [0.3, 0.4) is 0 Å². The maximum Gasteiger partial charge on any atom is 0.149 e. The number of hydrogen-bond acceptors (Lipinski definition) is 5. The standard InChI is InChI=1S/C14H13Cl2N5/c1-21(2)14(10(8-17)9-18)5-6-19-20-13-4-3-11(15)7-12(13)16/h3-4,6-7,20H,5H2,1-2H3/b19-6-. The Morgan fingerprint density at radius 3 is 2.52 bits per heavy atom. The monoisotopic (exact) mass is 321 g/mol. The molecule has 0 atom stereocenters. The first-order valence-corrected chi connectivity index (χ1v) is 6.68. The Morgan fingerprint density at radius 1 is 1.33 bits per heavy atom. The minimum Gasteiger partial charge on any atom is -0.379 e. The van der Waals surface area contributed by atoms with Gasteiger partial charge in [0, 0.05) is 37.5 Å². The number of halogens is 2. The van der Waals surface area contributed by atoms with Crippen molar-refractivity contribution < 1.29 is 0 Å². The van der Waals surface area contributed by atoms with Crippen LogP contribution in [0, 0.1) is 22.7 Å². The van der Waals surface area contributed by atoms with Crippen molar-refractivity contribution in [2.75, 3.05) is 19.5 Å². The summed E-state index contributed by atoms with van der Waals surface area (Å²) in [6, 6.07) is 8.74. The molecule has 5 nitrogen and oxygen atoms in total. The van der Waals surface area contributed by atoms with E-state index >= 15 is 0 Å². The van der Waals surface area contributed by atoms with E-state index in [4.69, 9.17) is 33.7 Å². The molecule has 0 aliphatic heterocycles. The van der Waals surface area contributed by atoms with Gasteiger partial charge >= 0.3 is 0 Å². The molecule has 1 N–H and O–H groups in total. The minimum atomic E-state index is 0.0657. The van der Waals surface area contributed by atoms with Crippen LogP contribution in [0.2, 0.25) is 10.0 Å². The molecule has 0 amide bonds. The maximum atomic E-state index is 8.90. The highest BCUT2D eigenvalue weighted by atomic mass is 35.5. The van der Waals surface area contributed by atoms with E-state index in [1.54, 1.807) is 43.4 Å². The van der Waals surface area contributed by atoms with Crippen molar-refractivity contribution in [2.45, 2.75) is 6.42 Å². The molecule has 0 saturated carbocycles. The fraction of sp³-hybridized carbons (Fsp3) is 0.214. The van der Waals surface area contributed by atoms with E-state index in [1.165, 1.54) is 0 Å². The highest BCUT2D eigenvalue weighted by Crippen LogP contribution is 2.25. The molecule has 0 aliphatic carbocycles. The summed E-state index contributed by atoms with van der Waals surface area (Å²) in [4.78, 5) is 1.71. The van der Waals surface area contributed by atoms with E-state index in [0.717, 1.165) is 0 Å². The Balaban J connectivity index is 2.76. The number of nitriles is 2. The van der Waals surface area contributed by atoms with Crippen molar-refractivity contribution >= 4 is 35.1 Å². The van der Waals surface area contributed by atoms with E-state index in [9.17, 15) is 0 Å². The molecule has 7 heteroatoms. The van der Waals surface area contributed by atoms with Crippen LogP contribution in [-0.2, 0) is 0 Å². The third kappa shape index (κ3) is 5.00. The van der Waals surface area contributed by atoms with E-state index in [2.05, 4.69) is 10.5 Å². The first kappa shape index (κ1) is 16.8. The number of hydrazone groups is 1. The zero-order valence-electron chi connectivity index (χ0n) is 11.6. The largest absolute Gasteiger partial charge is 0.379 e. The number of anilines is 1. The van der Waals surface area contributed by atoms with E-state index in [0.29, 0.717) is 27.9 Å². The second-order valence-electron chi connectivity index (χ2n) is 4.19. The van der Waals surface area contributed by atoms with Crippen LogP contribution in [0.4, 0.5) is 5.69 Å². The summed E-state index contributed by atoms with van der Waals surface area (Å²) in [6.07, 6.45) is 1.91. The molecular weight excluding hydrogens is 309 g/mol. The van der Waals surface area contributed by atoms with Crippen LogP contribution < -0.4 is 5.43 Å². The predicted octanol–water partition coefficient (Wildman–Crippen LogP) is 3.64. The highest BCUT2D eigenvalue weighted by Gasteiger charge is 2.07. The van der Waals surface area contributed by atoms with Gasteiger partial charge in [-0.15, -0.1) is 0 Å². The van der Waals surface area contributed by atoms with Crippen LogP contribution in [0.15, 0.2) is 34.6 Å². The lowest BCUT2D eigenvalue weighted by atomic mass is 10.2. The van der Waals surface area contributed by atoms with Gasteiger partial charge in [-0.1, -0.05) is 23.2 Å². The van der Waals surface area contributed by atoms with Crippen LogP contribution in [-0.4, -0.2) is 25.2 Å². The minimum absolute atomic E-state index is 0.0657. The summed E-state index contributed by atoms with van der Waals surface area (Å²) in [7, 11) is 3.53. The summed E-state index contributed by atoms with van der Waals surface area (Å²) in [6.45, 7) is 0. The Bertz CT molecular complexity index is 634. The Kier molecular flexibility index (Phi) is 6.55. The molecule has 0 aromatic heterocycles. The molecule has 0 radical (unpaired) electrons. The van der Waals surface area contributed by atoms with E-state index in [1.807, 2.05) is 12.1 Å². The van der Waals surface area contributed by atoms with E-state index < -0.39 is 0 Å². The lowest BCUT2D eigenvalue weighted by Crippen LogP contribution is -2.13. The van der Waals surface area contributed by atoms with Gasteiger partial charge in [-0.3, -0.25) is 5.43 Å². The quantitative estimate of drug-likeness (QED) is 0.510. The van der Waals surface area contributed by atoms with Gasteiger partial charge in [-0.05, 0) is 18.2 Å². The van der Waals surface area contributed by atoms with Crippen molar-refractivity contribution in [3.8, 4) is 12.1 Å². The molecule has 1 aromatic carbocycles. The molecule has 0 aliphatic rings. The van der Waals surface area contributed by atoms with Crippen molar-refractivity contribution in [1.82, 2.24) is 4.90 Å². The topological polar surface area (TPSA) is 75.2 Å². The number of hydrogen-bond donors (Lipinski definition) is 1. The number of nitrogens with one attached hydrogen (secondary N) is 1. The van der Waals surface area contributed by atoms with Crippen LogP contribution in [0.25, 0.3) is 0 Å². The Hall–Kier alpha value is -2.21. The molecule has 0 saturated heterocycles. The summed E-state index contributed by atoms with van der Waals surface area (Å²) < 4.78 is 0. The molecule has 1 rings (SSSR count). The second-order valence-corrected chi connectivity index (χ2v) is 5.04. The third-order valence-electron chi connectivity index (χ3n) is 2.54. The van der Waals surface area contributed by atoms with Gasteiger partial charge in [0.1, 0.15) is 17.7 Å². The zero-order valence-corrected chi connectivity index (χ0v) is 13.1. The molecule has 0 bridgehead atoms. The normalized spacial score (nSPS) is 9.81. The number of rotatable bonds is 5. The summed E-state index contributed by atoms with van der Waals surface area (Å²) in [5.41, 5.74) is 4.06. The second kappa shape index (κ2) is 8.16. The Labute approximate surface area is 133 Å². The lowest BCUT2D eigenvalue weighted by molar-refractivity contribution is 0.503. The smallest absolute Gasteiger partial charge is 0.149 e. The maximum absolute atomic E-state index is 8.90. The summed E-state index contributed by atoms with van der Waals surface area (Å²) >= 11 is 11.8. The summed E-state index contributed by atoms with van der Waals surface area (Å²) in [5.74, 6) is 0. The van der Waals surface area contributed by atoms with Gasteiger partial charge in [0.05, 0.1) is 10.7 Å². The predicted molar refractivity (Wildman–Crippen MR) is 85.1 cm³/mol. The van der Waals surface area contributed by atoms with Crippen LogP contribution in [0.5, 0.6) is 0 Å². The Morgan fingerprint density at radius 2 is 2.00 bits per heavy atom. The average Bonchev–Trinajstić information content (AvgIpc) is 2.44. The fourth-order valence-corrected chi connectivity index (χ4v) is 1.94. The van der Waals surface area contributed by atoms with Gasteiger partial charge in [0.15, 0.2) is 0 Å². The molecule has 21 heavy (non-hydrogen) atoms. The van der Waals surface area contributed by atoms with Crippen molar-refractivity contribution in [1.29, 1.82) is 10.5 Å². The number of allylic oxidation sites excluding steroid dienone is 2. The third-order valence-corrected chi connectivity index (χ3v) is 3.09. The molecule has 0 fully saturated rings. The first-order chi connectivity index (χ1) is 9.99. The lowest BCUT2D eigenvalue weighted by Gasteiger charge is -2.15. The van der Waals surface area contributed by atoms with Gasteiger partial charge < -0.3 is 4.90 Å².